The van der Waals surface area contributed by atoms with Crippen molar-refractivity contribution in [2.75, 3.05) is 5.32 Å². The van der Waals surface area contributed by atoms with Crippen LogP contribution in [-0.2, 0) is 18.3 Å². The maximum Gasteiger partial charge on any atom is 0.417 e. The van der Waals surface area contributed by atoms with E-state index < -0.39 is 29.2 Å². The van der Waals surface area contributed by atoms with Crippen molar-refractivity contribution in [2.24, 2.45) is 0 Å². The van der Waals surface area contributed by atoms with E-state index in [0.717, 1.165) is 12.3 Å². The predicted molar refractivity (Wildman–Crippen MR) is 92.5 cm³/mol. The Morgan fingerprint density at radius 3 is 2.61 bits per heavy atom. The zero-order chi connectivity index (χ0) is 20.7. The summed E-state index contributed by atoms with van der Waals surface area (Å²) in [6, 6.07) is 5.05. The van der Waals surface area contributed by atoms with Gasteiger partial charge in [-0.15, -0.1) is 0 Å². The van der Waals surface area contributed by atoms with Gasteiger partial charge >= 0.3 is 12.2 Å². The zero-order valence-corrected chi connectivity index (χ0v) is 15.0. The van der Waals surface area contributed by atoms with Gasteiger partial charge in [0, 0.05) is 18.3 Å². The Hall–Kier alpha value is -3.14. The second-order valence-electron chi connectivity index (χ2n) is 6.81. The van der Waals surface area contributed by atoms with E-state index in [1.54, 1.807) is 31.5 Å². The zero-order valence-electron chi connectivity index (χ0n) is 15.0. The lowest BCUT2D eigenvalue weighted by molar-refractivity contribution is -0.137. The van der Waals surface area contributed by atoms with Crippen LogP contribution >= 0.6 is 0 Å². The molecule has 3 rings (SSSR count). The number of carbonyl (C=O) groups is 2. The van der Waals surface area contributed by atoms with E-state index in [1.807, 2.05) is 0 Å². The second-order valence-corrected chi connectivity index (χ2v) is 6.81. The van der Waals surface area contributed by atoms with Gasteiger partial charge in [0.2, 0.25) is 0 Å². The molecule has 0 atom stereocenters. The van der Waals surface area contributed by atoms with Gasteiger partial charge in [-0.3, -0.25) is 15.0 Å². The van der Waals surface area contributed by atoms with E-state index in [9.17, 15) is 22.8 Å². The van der Waals surface area contributed by atoms with Crippen LogP contribution in [0.5, 0.6) is 0 Å². The number of hydroxylamine groups is 1. The SMILES string of the molecule is CC1(C)c2cccc(C(=O)NO)c2CN1C(=O)Nc1cncc(C(F)(F)F)c1. The van der Waals surface area contributed by atoms with E-state index in [2.05, 4.69) is 10.3 Å². The molecule has 0 radical (unpaired) electrons. The number of rotatable bonds is 2. The molecule has 28 heavy (non-hydrogen) atoms. The van der Waals surface area contributed by atoms with Crippen LogP contribution in [0.1, 0.15) is 40.9 Å². The molecular formula is C18H17F3N4O3. The molecule has 0 aliphatic carbocycles. The van der Waals surface area contributed by atoms with Gasteiger partial charge in [0.25, 0.3) is 5.91 Å². The van der Waals surface area contributed by atoms with Crippen molar-refractivity contribution in [1.82, 2.24) is 15.4 Å². The molecule has 1 aromatic heterocycles. The minimum atomic E-state index is -4.58. The number of nitrogens with zero attached hydrogens (tertiary/aromatic N) is 2. The Balaban J connectivity index is 1.89. The number of amides is 3. The molecule has 1 aliphatic rings. The Morgan fingerprint density at radius 1 is 1.25 bits per heavy atom. The van der Waals surface area contributed by atoms with Crippen molar-refractivity contribution < 1.29 is 28.0 Å². The summed E-state index contributed by atoms with van der Waals surface area (Å²) in [4.78, 5) is 29.6. The van der Waals surface area contributed by atoms with Gasteiger partial charge in [-0.05, 0) is 37.1 Å². The molecule has 0 unspecified atom stereocenters. The van der Waals surface area contributed by atoms with Crippen molar-refractivity contribution in [3.63, 3.8) is 0 Å². The number of benzene rings is 1. The first-order valence-corrected chi connectivity index (χ1v) is 8.23. The first-order chi connectivity index (χ1) is 13.1. The van der Waals surface area contributed by atoms with Gasteiger partial charge in [0.05, 0.1) is 23.0 Å². The van der Waals surface area contributed by atoms with Crippen LogP contribution in [0, 0.1) is 0 Å². The minimum Gasteiger partial charge on any atom is -0.311 e. The molecule has 148 valence electrons. The van der Waals surface area contributed by atoms with Gasteiger partial charge in [-0.1, -0.05) is 12.1 Å². The summed E-state index contributed by atoms with van der Waals surface area (Å²) >= 11 is 0. The van der Waals surface area contributed by atoms with Crippen molar-refractivity contribution in [2.45, 2.75) is 32.1 Å². The van der Waals surface area contributed by atoms with Crippen molar-refractivity contribution in [1.29, 1.82) is 0 Å². The van der Waals surface area contributed by atoms with E-state index in [4.69, 9.17) is 5.21 Å². The first-order valence-electron chi connectivity index (χ1n) is 8.23. The lowest BCUT2D eigenvalue weighted by Crippen LogP contribution is -2.42. The number of nitrogens with one attached hydrogen (secondary N) is 2. The average molecular weight is 394 g/mol. The fraction of sp³-hybridized carbons (Fsp3) is 0.278. The fourth-order valence-corrected chi connectivity index (χ4v) is 3.28. The summed E-state index contributed by atoms with van der Waals surface area (Å²) in [5, 5.41) is 11.3. The van der Waals surface area contributed by atoms with Crippen LogP contribution in [0.3, 0.4) is 0 Å². The molecule has 1 aliphatic heterocycles. The van der Waals surface area contributed by atoms with E-state index in [0.29, 0.717) is 17.3 Å². The first kappa shape index (κ1) is 19.6. The van der Waals surface area contributed by atoms with Gasteiger partial charge < -0.3 is 10.2 Å². The third-order valence-electron chi connectivity index (χ3n) is 4.73. The molecule has 0 spiro atoms. The summed E-state index contributed by atoms with van der Waals surface area (Å²) in [5.41, 5.74) is 1.13. The van der Waals surface area contributed by atoms with Crippen LogP contribution in [-0.4, -0.2) is 27.0 Å². The highest BCUT2D eigenvalue weighted by molar-refractivity contribution is 5.96. The third-order valence-corrected chi connectivity index (χ3v) is 4.73. The monoisotopic (exact) mass is 394 g/mol. The number of urea groups is 1. The van der Waals surface area contributed by atoms with Crippen LogP contribution in [0.25, 0.3) is 0 Å². The Morgan fingerprint density at radius 2 is 1.96 bits per heavy atom. The van der Waals surface area contributed by atoms with E-state index in [1.165, 1.54) is 11.0 Å². The number of aromatic nitrogens is 1. The normalized spacial score (nSPS) is 15.1. The maximum atomic E-state index is 12.8. The summed E-state index contributed by atoms with van der Waals surface area (Å²) < 4.78 is 38.5. The summed E-state index contributed by atoms with van der Waals surface area (Å²) in [7, 11) is 0. The fourth-order valence-electron chi connectivity index (χ4n) is 3.28. The number of fused-ring (bicyclic) bond motifs is 1. The molecule has 10 heteroatoms. The van der Waals surface area contributed by atoms with Crippen LogP contribution in [0.15, 0.2) is 36.7 Å². The molecule has 7 nitrogen and oxygen atoms in total. The second kappa shape index (κ2) is 6.79. The molecule has 3 N–H and O–H groups in total. The number of pyridine rings is 1. The van der Waals surface area contributed by atoms with E-state index >= 15 is 0 Å². The highest BCUT2D eigenvalue weighted by Gasteiger charge is 2.42. The number of carbonyl (C=O) groups excluding carboxylic acids is 2. The lowest BCUT2D eigenvalue weighted by atomic mass is 9.91. The van der Waals surface area contributed by atoms with Crippen molar-refractivity contribution in [3.05, 3.63) is 58.9 Å². The molecular weight excluding hydrogens is 377 g/mol. The van der Waals surface area contributed by atoms with Crippen molar-refractivity contribution in [3.8, 4) is 0 Å². The Labute approximate surface area is 158 Å². The van der Waals surface area contributed by atoms with Gasteiger partial charge in [0.1, 0.15) is 0 Å². The number of alkyl halides is 3. The topological polar surface area (TPSA) is 94.6 Å². The number of hydrogen-bond donors (Lipinski definition) is 3. The smallest absolute Gasteiger partial charge is 0.311 e. The largest absolute Gasteiger partial charge is 0.417 e. The quantitative estimate of drug-likeness (QED) is 0.537. The molecule has 2 heterocycles. The number of anilines is 1. The molecule has 0 fully saturated rings. The summed E-state index contributed by atoms with van der Waals surface area (Å²) in [5.74, 6) is -0.711. The average Bonchev–Trinajstić information content (AvgIpc) is 2.92. The molecule has 1 aromatic carbocycles. The van der Waals surface area contributed by atoms with Crippen LogP contribution in [0.2, 0.25) is 0 Å². The highest BCUT2D eigenvalue weighted by Crippen LogP contribution is 2.40. The summed E-state index contributed by atoms with van der Waals surface area (Å²) in [6.45, 7) is 3.55. The molecule has 0 saturated heterocycles. The van der Waals surface area contributed by atoms with Gasteiger partial charge in [0.15, 0.2) is 0 Å². The molecule has 0 bridgehead atoms. The van der Waals surface area contributed by atoms with Crippen LogP contribution in [0.4, 0.5) is 23.7 Å². The van der Waals surface area contributed by atoms with E-state index in [-0.39, 0.29) is 17.8 Å². The Bertz CT molecular complexity index is 944. The van der Waals surface area contributed by atoms with Crippen molar-refractivity contribution >= 4 is 17.6 Å². The minimum absolute atomic E-state index is 0.0458. The van der Waals surface area contributed by atoms with Gasteiger partial charge in [-0.25, -0.2) is 10.3 Å². The Kier molecular flexibility index (Phi) is 4.76. The predicted octanol–water partition coefficient (Wildman–Crippen LogP) is 3.50. The lowest BCUT2D eigenvalue weighted by Gasteiger charge is -2.32. The molecule has 0 saturated carbocycles. The maximum absolute atomic E-state index is 12.8. The molecule has 3 amide bonds. The molecule has 2 aromatic rings. The summed E-state index contributed by atoms with van der Waals surface area (Å²) in [6.07, 6.45) is -2.79. The standard InChI is InChI=1S/C18H17F3N4O3/c1-17(2)14-5-3-4-12(15(26)24-28)13(14)9-25(17)16(27)23-11-6-10(7-22-8-11)18(19,20)21/h3-8,28H,9H2,1-2H3,(H,23,27)(H,24,26). The third kappa shape index (κ3) is 3.38. The van der Waals surface area contributed by atoms with Gasteiger partial charge in [-0.2, -0.15) is 13.2 Å². The highest BCUT2D eigenvalue weighted by atomic mass is 19.4. The number of hydrogen-bond acceptors (Lipinski definition) is 4. The van der Waals surface area contributed by atoms with Crippen LogP contribution < -0.4 is 10.8 Å². The number of halogens is 3.